The first kappa shape index (κ1) is 28.5. The molecular formula is C33H30FN5O6. The number of nitrogens with one attached hydrogen (secondary N) is 1. The van der Waals surface area contributed by atoms with E-state index in [-0.39, 0.29) is 29.0 Å². The summed E-state index contributed by atoms with van der Waals surface area (Å²) in [5.74, 6) is -0.351. The number of methoxy groups -OCH3 is 1. The van der Waals surface area contributed by atoms with Crippen molar-refractivity contribution >= 4 is 22.5 Å². The third-order valence-corrected chi connectivity index (χ3v) is 7.97. The molecule has 3 aromatic carbocycles. The van der Waals surface area contributed by atoms with Crippen LogP contribution in [0.25, 0.3) is 16.6 Å². The Bertz CT molecular complexity index is 1950. The minimum Gasteiger partial charge on any atom is -0.493 e. The molecule has 1 atom stereocenters. The van der Waals surface area contributed by atoms with Gasteiger partial charge in [0.15, 0.2) is 23.1 Å². The molecule has 1 N–H and O–H groups in total. The molecule has 11 nitrogen and oxygen atoms in total. The predicted octanol–water partition coefficient (Wildman–Crippen LogP) is 5.28. The molecule has 0 aliphatic carbocycles. The van der Waals surface area contributed by atoms with Gasteiger partial charge in [-0.2, -0.15) is 0 Å². The summed E-state index contributed by atoms with van der Waals surface area (Å²) >= 11 is 0. The second kappa shape index (κ2) is 12.0. The van der Waals surface area contributed by atoms with E-state index in [1.807, 2.05) is 35.0 Å². The summed E-state index contributed by atoms with van der Waals surface area (Å²) in [4.78, 5) is 35.5. The number of carbonyl (C=O) groups excluding carboxylic acids is 1. The summed E-state index contributed by atoms with van der Waals surface area (Å²) in [6.07, 6.45) is 4.37. The van der Waals surface area contributed by atoms with Crippen molar-refractivity contribution in [2.45, 2.75) is 38.3 Å². The van der Waals surface area contributed by atoms with Gasteiger partial charge in [-0.25, -0.2) is 19.0 Å². The van der Waals surface area contributed by atoms with Crippen LogP contribution in [0.4, 0.5) is 10.1 Å². The normalized spacial score (nSPS) is 15.9. The smallest absolute Gasteiger partial charge is 0.284 e. The van der Waals surface area contributed by atoms with E-state index in [0.29, 0.717) is 60.0 Å². The van der Waals surface area contributed by atoms with Crippen molar-refractivity contribution in [3.8, 4) is 28.8 Å². The molecule has 230 valence electrons. The van der Waals surface area contributed by atoms with Crippen LogP contribution in [0, 0.1) is 5.82 Å². The van der Waals surface area contributed by atoms with Crippen LogP contribution in [0.2, 0.25) is 0 Å². The Kier molecular flexibility index (Phi) is 7.64. The number of fused-ring (bicyclic) bond motifs is 2. The number of aromatic nitrogens is 4. The molecule has 4 heterocycles. The van der Waals surface area contributed by atoms with Gasteiger partial charge < -0.3 is 24.3 Å². The molecular weight excluding hydrogens is 581 g/mol. The maximum atomic E-state index is 15.4. The van der Waals surface area contributed by atoms with Crippen molar-refractivity contribution in [1.82, 2.24) is 19.3 Å². The lowest BCUT2D eigenvalue weighted by Crippen LogP contribution is -2.25. The minimum absolute atomic E-state index is 0.0597. The van der Waals surface area contributed by atoms with E-state index >= 15 is 4.39 Å². The van der Waals surface area contributed by atoms with Gasteiger partial charge in [0.2, 0.25) is 5.88 Å². The molecule has 0 radical (unpaired) electrons. The van der Waals surface area contributed by atoms with Crippen LogP contribution in [0.1, 0.15) is 35.3 Å². The molecule has 0 spiro atoms. The third kappa shape index (κ3) is 5.48. The fourth-order valence-electron chi connectivity index (χ4n) is 5.80. The number of ether oxygens (including phenoxy) is 4. The van der Waals surface area contributed by atoms with E-state index in [1.165, 1.54) is 25.6 Å². The molecule has 0 saturated carbocycles. The topological polar surface area (TPSA) is 119 Å². The maximum Gasteiger partial charge on any atom is 0.284 e. The zero-order valence-electron chi connectivity index (χ0n) is 24.5. The van der Waals surface area contributed by atoms with Gasteiger partial charge in [-0.1, -0.05) is 18.2 Å². The van der Waals surface area contributed by atoms with Gasteiger partial charge in [0.1, 0.15) is 18.0 Å². The highest BCUT2D eigenvalue weighted by atomic mass is 19.1. The van der Waals surface area contributed by atoms with Crippen LogP contribution in [0.3, 0.4) is 0 Å². The average Bonchev–Trinajstić information content (AvgIpc) is 3.67. The van der Waals surface area contributed by atoms with Crippen LogP contribution in [-0.4, -0.2) is 51.7 Å². The standard InChI is InChI=1S/C33H30FN5O6/c1-42-28-16-23-25(17-29(28)44-22-12-14-43-18-22)35-19-36-32(23)45-27-11-10-20(15-24(27)34)37-31(40)30-26-9-5-6-13-38(26)39(33(30)41)21-7-3-2-4-8-21/h2-4,7-8,10-11,15-17,19,22H,5-6,9,12-14,18H2,1H3,(H,37,40)/t22-/m0/s1. The molecule has 5 aromatic rings. The van der Waals surface area contributed by atoms with Gasteiger partial charge in [-0.3, -0.25) is 14.3 Å². The van der Waals surface area contributed by atoms with Gasteiger partial charge in [-0.15, -0.1) is 0 Å². The molecule has 12 heteroatoms. The van der Waals surface area contributed by atoms with Crippen molar-refractivity contribution in [2.75, 3.05) is 25.6 Å². The SMILES string of the molecule is COc1cc2c(Oc3ccc(NC(=O)c4c5n(n(-c6ccccc6)c4=O)CCCC5)cc3F)ncnc2cc1O[C@H]1CCOC1. The van der Waals surface area contributed by atoms with Crippen molar-refractivity contribution in [1.29, 1.82) is 0 Å². The Morgan fingerprint density at radius 1 is 1.04 bits per heavy atom. The van der Waals surface area contributed by atoms with Crippen molar-refractivity contribution in [2.24, 2.45) is 0 Å². The average molecular weight is 612 g/mol. The highest BCUT2D eigenvalue weighted by Gasteiger charge is 2.28. The summed E-state index contributed by atoms with van der Waals surface area (Å²) < 4.78 is 41.6. The first-order chi connectivity index (χ1) is 22.0. The predicted molar refractivity (Wildman–Crippen MR) is 163 cm³/mol. The number of hydrogen-bond donors (Lipinski definition) is 1. The number of benzene rings is 3. The van der Waals surface area contributed by atoms with Crippen LogP contribution < -0.4 is 25.1 Å². The Morgan fingerprint density at radius 2 is 1.91 bits per heavy atom. The number of rotatable bonds is 8. The molecule has 2 aliphatic rings. The largest absolute Gasteiger partial charge is 0.493 e. The minimum atomic E-state index is -0.728. The van der Waals surface area contributed by atoms with E-state index in [9.17, 15) is 9.59 Å². The summed E-state index contributed by atoms with van der Waals surface area (Å²) in [5.41, 5.74) is 1.70. The third-order valence-electron chi connectivity index (χ3n) is 7.97. The van der Waals surface area contributed by atoms with E-state index in [1.54, 1.807) is 16.8 Å². The van der Waals surface area contributed by atoms with E-state index < -0.39 is 17.3 Å². The fourth-order valence-corrected chi connectivity index (χ4v) is 5.80. The summed E-state index contributed by atoms with van der Waals surface area (Å²) in [7, 11) is 1.52. The van der Waals surface area contributed by atoms with Crippen LogP contribution in [0.5, 0.6) is 23.1 Å². The van der Waals surface area contributed by atoms with Crippen molar-refractivity contribution < 1.29 is 28.1 Å². The Morgan fingerprint density at radius 3 is 2.69 bits per heavy atom. The number of nitrogens with zero attached hydrogens (tertiary/aromatic N) is 4. The summed E-state index contributed by atoms with van der Waals surface area (Å²) in [6.45, 7) is 1.76. The van der Waals surface area contributed by atoms with E-state index in [4.69, 9.17) is 18.9 Å². The lowest BCUT2D eigenvalue weighted by atomic mass is 10.1. The van der Waals surface area contributed by atoms with Gasteiger partial charge in [-0.05, 0) is 49.6 Å². The zero-order valence-corrected chi connectivity index (χ0v) is 24.5. The maximum absolute atomic E-state index is 15.4. The monoisotopic (exact) mass is 611 g/mol. The second-order valence-corrected chi connectivity index (χ2v) is 10.9. The first-order valence-corrected chi connectivity index (χ1v) is 14.8. The van der Waals surface area contributed by atoms with Crippen LogP contribution in [0.15, 0.2) is 71.8 Å². The molecule has 45 heavy (non-hydrogen) atoms. The lowest BCUT2D eigenvalue weighted by molar-refractivity contribution is 0.102. The molecule has 0 unspecified atom stereocenters. The van der Waals surface area contributed by atoms with Gasteiger partial charge in [0.05, 0.1) is 42.6 Å². The molecule has 1 saturated heterocycles. The van der Waals surface area contributed by atoms with E-state index in [2.05, 4.69) is 15.3 Å². The Balaban J connectivity index is 1.14. The quantitative estimate of drug-likeness (QED) is 0.252. The van der Waals surface area contributed by atoms with E-state index in [0.717, 1.165) is 25.3 Å². The van der Waals surface area contributed by atoms with Crippen molar-refractivity contribution in [3.05, 3.63) is 94.4 Å². The molecule has 2 aromatic heterocycles. The second-order valence-electron chi connectivity index (χ2n) is 10.9. The lowest BCUT2D eigenvalue weighted by Gasteiger charge is -2.19. The number of para-hydroxylation sites is 1. The zero-order chi connectivity index (χ0) is 30.9. The highest BCUT2D eigenvalue weighted by Crippen LogP contribution is 2.37. The highest BCUT2D eigenvalue weighted by molar-refractivity contribution is 6.05. The van der Waals surface area contributed by atoms with Crippen LogP contribution in [-0.2, 0) is 17.7 Å². The number of halogens is 1. The summed E-state index contributed by atoms with van der Waals surface area (Å²) in [6, 6.07) is 16.7. The van der Waals surface area contributed by atoms with Gasteiger partial charge in [0.25, 0.3) is 11.5 Å². The fraction of sp³-hybridized carbons (Fsp3) is 0.273. The number of carbonyl (C=O) groups is 1. The summed E-state index contributed by atoms with van der Waals surface area (Å²) in [5, 5.41) is 3.19. The molecule has 0 bridgehead atoms. The number of anilines is 1. The number of amides is 1. The first-order valence-electron chi connectivity index (χ1n) is 14.8. The molecule has 1 amide bonds. The Hall–Kier alpha value is -5.23. The van der Waals surface area contributed by atoms with Crippen LogP contribution >= 0.6 is 0 Å². The Labute approximate surface area is 257 Å². The van der Waals surface area contributed by atoms with Gasteiger partial charge in [0, 0.05) is 30.8 Å². The molecule has 2 aliphatic heterocycles. The molecule has 1 fully saturated rings. The van der Waals surface area contributed by atoms with Gasteiger partial charge >= 0.3 is 0 Å². The molecule has 7 rings (SSSR count). The number of hydrogen-bond acceptors (Lipinski definition) is 8. The van der Waals surface area contributed by atoms with Crippen molar-refractivity contribution in [3.63, 3.8) is 0 Å².